The lowest BCUT2D eigenvalue weighted by Crippen LogP contribution is -2.49. The lowest BCUT2D eigenvalue weighted by Gasteiger charge is -2.37. The highest BCUT2D eigenvalue weighted by atomic mass is 16.3. The zero-order valence-corrected chi connectivity index (χ0v) is 11.9. The van der Waals surface area contributed by atoms with Crippen LogP contribution in [0.4, 0.5) is 0 Å². The molecule has 106 valence electrons. The number of nitrogens with one attached hydrogen (secondary N) is 1. The van der Waals surface area contributed by atoms with Crippen molar-refractivity contribution in [3.05, 3.63) is 0 Å². The van der Waals surface area contributed by atoms with Crippen LogP contribution in [0.1, 0.15) is 20.3 Å². The van der Waals surface area contributed by atoms with Crippen LogP contribution >= 0.6 is 0 Å². The van der Waals surface area contributed by atoms with Gasteiger partial charge in [0.15, 0.2) is 0 Å². The number of aliphatic hydroxyl groups is 1. The number of rotatable bonds is 4. The predicted molar refractivity (Wildman–Crippen MR) is 74.7 cm³/mol. The van der Waals surface area contributed by atoms with Gasteiger partial charge in [-0.2, -0.15) is 0 Å². The molecule has 2 rings (SSSR count). The van der Waals surface area contributed by atoms with E-state index >= 15 is 0 Å². The third-order valence-electron chi connectivity index (χ3n) is 4.57. The Kier molecular flexibility index (Phi) is 5.42. The molecule has 0 spiro atoms. The van der Waals surface area contributed by atoms with Gasteiger partial charge in [0.1, 0.15) is 0 Å². The zero-order chi connectivity index (χ0) is 13.0. The first kappa shape index (κ1) is 14.3. The van der Waals surface area contributed by atoms with Crippen LogP contribution in [0.5, 0.6) is 0 Å². The molecule has 18 heavy (non-hydrogen) atoms. The standard InChI is InChI=1S/C14H29N3O/c1-12-3-6-17(9-13(12)2)11-14(18)10-16-7-4-15-5-8-16/h12-15,18H,3-11H2,1-2H3. The van der Waals surface area contributed by atoms with Crippen LogP contribution in [0.15, 0.2) is 0 Å². The van der Waals surface area contributed by atoms with Crippen molar-refractivity contribution in [1.82, 2.24) is 15.1 Å². The maximum absolute atomic E-state index is 10.2. The summed E-state index contributed by atoms with van der Waals surface area (Å²) in [5.41, 5.74) is 0. The van der Waals surface area contributed by atoms with Gasteiger partial charge in [-0.25, -0.2) is 0 Å². The van der Waals surface area contributed by atoms with Crippen molar-refractivity contribution in [1.29, 1.82) is 0 Å². The molecule has 0 amide bonds. The van der Waals surface area contributed by atoms with Crippen LogP contribution in [-0.2, 0) is 0 Å². The minimum Gasteiger partial charge on any atom is -0.390 e. The molecule has 0 aromatic rings. The quantitative estimate of drug-likeness (QED) is 0.754. The van der Waals surface area contributed by atoms with E-state index in [0.29, 0.717) is 0 Å². The predicted octanol–water partition coefficient (Wildman–Crippen LogP) is 0.230. The summed E-state index contributed by atoms with van der Waals surface area (Å²) in [4.78, 5) is 4.81. The number of β-amino-alcohol motifs (C(OH)–C–C–N with tert-alkyl or cyclic N) is 1. The highest BCUT2D eigenvalue weighted by Gasteiger charge is 2.24. The molecule has 3 atom stereocenters. The largest absolute Gasteiger partial charge is 0.390 e. The first-order chi connectivity index (χ1) is 8.65. The summed E-state index contributed by atoms with van der Waals surface area (Å²) in [6.45, 7) is 12.9. The zero-order valence-electron chi connectivity index (χ0n) is 11.9. The number of aliphatic hydroxyl groups excluding tert-OH is 1. The van der Waals surface area contributed by atoms with E-state index in [-0.39, 0.29) is 6.10 Å². The molecule has 4 heteroatoms. The monoisotopic (exact) mass is 255 g/mol. The molecule has 2 aliphatic rings. The van der Waals surface area contributed by atoms with Crippen LogP contribution in [0.3, 0.4) is 0 Å². The van der Waals surface area contributed by atoms with Crippen molar-refractivity contribution in [2.45, 2.75) is 26.4 Å². The van der Waals surface area contributed by atoms with Gasteiger partial charge < -0.3 is 15.3 Å². The van der Waals surface area contributed by atoms with Crippen molar-refractivity contribution >= 4 is 0 Å². The molecule has 2 fully saturated rings. The molecular weight excluding hydrogens is 226 g/mol. The molecule has 0 radical (unpaired) electrons. The Balaban J connectivity index is 1.68. The number of hydrogen-bond donors (Lipinski definition) is 2. The number of likely N-dealkylation sites (tertiary alicyclic amines) is 1. The van der Waals surface area contributed by atoms with Gasteiger partial charge in [-0.3, -0.25) is 4.90 Å². The highest BCUT2D eigenvalue weighted by molar-refractivity contribution is 4.79. The van der Waals surface area contributed by atoms with Crippen molar-refractivity contribution in [2.75, 3.05) is 52.4 Å². The fourth-order valence-electron chi connectivity index (χ4n) is 3.06. The van der Waals surface area contributed by atoms with Gasteiger partial charge in [-0.1, -0.05) is 13.8 Å². The molecule has 0 aromatic heterocycles. The Labute approximate surface area is 111 Å². The number of piperazine rings is 1. The Morgan fingerprint density at radius 1 is 1.06 bits per heavy atom. The van der Waals surface area contributed by atoms with E-state index in [2.05, 4.69) is 29.0 Å². The van der Waals surface area contributed by atoms with E-state index < -0.39 is 0 Å². The van der Waals surface area contributed by atoms with Gasteiger partial charge in [-0.05, 0) is 24.8 Å². The summed E-state index contributed by atoms with van der Waals surface area (Å²) >= 11 is 0. The average Bonchev–Trinajstić information content (AvgIpc) is 2.35. The molecule has 2 heterocycles. The minimum atomic E-state index is -0.191. The van der Waals surface area contributed by atoms with Crippen molar-refractivity contribution in [2.24, 2.45) is 11.8 Å². The lowest BCUT2D eigenvalue weighted by molar-refractivity contribution is 0.0455. The van der Waals surface area contributed by atoms with Crippen molar-refractivity contribution in [3.8, 4) is 0 Å². The second-order valence-electron chi connectivity index (χ2n) is 6.21. The van der Waals surface area contributed by atoms with E-state index in [1.165, 1.54) is 6.42 Å². The molecule has 0 saturated carbocycles. The first-order valence-corrected chi connectivity index (χ1v) is 7.48. The summed E-state index contributed by atoms with van der Waals surface area (Å²) in [6, 6.07) is 0. The van der Waals surface area contributed by atoms with Crippen LogP contribution in [-0.4, -0.2) is 73.4 Å². The molecule has 0 aliphatic carbocycles. The van der Waals surface area contributed by atoms with E-state index in [0.717, 1.165) is 64.2 Å². The van der Waals surface area contributed by atoms with Gasteiger partial charge in [0.2, 0.25) is 0 Å². The molecule has 2 N–H and O–H groups in total. The smallest absolute Gasteiger partial charge is 0.0793 e. The van der Waals surface area contributed by atoms with Gasteiger partial charge >= 0.3 is 0 Å². The Bertz CT molecular complexity index is 243. The van der Waals surface area contributed by atoms with E-state index in [4.69, 9.17) is 0 Å². The fourth-order valence-corrected chi connectivity index (χ4v) is 3.06. The van der Waals surface area contributed by atoms with E-state index in [1.807, 2.05) is 0 Å². The number of piperidine rings is 1. The van der Waals surface area contributed by atoms with Gasteiger partial charge in [0.25, 0.3) is 0 Å². The molecule has 2 saturated heterocycles. The fraction of sp³-hybridized carbons (Fsp3) is 1.00. The SMILES string of the molecule is CC1CCN(CC(O)CN2CCNCC2)CC1C. The van der Waals surface area contributed by atoms with Gasteiger partial charge in [0.05, 0.1) is 6.10 Å². The normalized spacial score (nSPS) is 33.5. The molecular formula is C14H29N3O. The summed E-state index contributed by atoms with van der Waals surface area (Å²) in [5.74, 6) is 1.61. The number of hydrogen-bond acceptors (Lipinski definition) is 4. The maximum Gasteiger partial charge on any atom is 0.0793 e. The van der Waals surface area contributed by atoms with Crippen LogP contribution in [0.2, 0.25) is 0 Å². The summed E-state index contributed by atoms with van der Waals surface area (Å²) in [6.07, 6.45) is 1.09. The highest BCUT2D eigenvalue weighted by Crippen LogP contribution is 2.22. The third kappa shape index (κ3) is 4.19. The van der Waals surface area contributed by atoms with E-state index in [9.17, 15) is 5.11 Å². The third-order valence-corrected chi connectivity index (χ3v) is 4.57. The summed E-state index contributed by atoms with van der Waals surface area (Å²) in [7, 11) is 0. The Hall–Kier alpha value is -0.160. The Morgan fingerprint density at radius 3 is 2.39 bits per heavy atom. The van der Waals surface area contributed by atoms with E-state index in [1.54, 1.807) is 0 Å². The molecule has 0 aromatic carbocycles. The van der Waals surface area contributed by atoms with Gasteiger partial charge in [-0.15, -0.1) is 0 Å². The topological polar surface area (TPSA) is 38.7 Å². The van der Waals surface area contributed by atoms with Crippen LogP contribution in [0, 0.1) is 11.8 Å². The Morgan fingerprint density at radius 2 is 1.72 bits per heavy atom. The molecule has 0 bridgehead atoms. The summed E-state index contributed by atoms with van der Waals surface area (Å²) in [5, 5.41) is 13.5. The van der Waals surface area contributed by atoms with Crippen molar-refractivity contribution in [3.63, 3.8) is 0 Å². The van der Waals surface area contributed by atoms with Gasteiger partial charge in [0, 0.05) is 45.8 Å². The summed E-state index contributed by atoms with van der Waals surface area (Å²) < 4.78 is 0. The number of nitrogens with zero attached hydrogens (tertiary/aromatic N) is 2. The first-order valence-electron chi connectivity index (χ1n) is 7.48. The molecule has 4 nitrogen and oxygen atoms in total. The van der Waals surface area contributed by atoms with Crippen molar-refractivity contribution < 1.29 is 5.11 Å². The molecule has 2 aliphatic heterocycles. The van der Waals surface area contributed by atoms with Crippen LogP contribution < -0.4 is 5.32 Å². The molecule has 3 unspecified atom stereocenters. The average molecular weight is 255 g/mol. The van der Waals surface area contributed by atoms with Crippen LogP contribution in [0.25, 0.3) is 0 Å². The maximum atomic E-state index is 10.2. The second-order valence-corrected chi connectivity index (χ2v) is 6.21. The second kappa shape index (κ2) is 6.85. The minimum absolute atomic E-state index is 0.191. The lowest BCUT2D eigenvalue weighted by atomic mass is 9.88.